The second-order valence-electron chi connectivity index (χ2n) is 10.2. The van der Waals surface area contributed by atoms with Gasteiger partial charge in [0.25, 0.3) is 0 Å². The average Bonchev–Trinajstić information content (AvgIpc) is 2.80. The van der Waals surface area contributed by atoms with Gasteiger partial charge in [-0.3, -0.25) is 9.69 Å². The summed E-state index contributed by atoms with van der Waals surface area (Å²) in [5.41, 5.74) is 5.35. The van der Waals surface area contributed by atoms with Crippen molar-refractivity contribution in [3.05, 3.63) is 82.7 Å². The minimum atomic E-state index is -0.682. The largest absolute Gasteiger partial charge is 0.493 e. The number of halogens is 1. The third-order valence-electron chi connectivity index (χ3n) is 6.82. The molecular weight excluding hydrogens is 429 g/mol. The zero-order chi connectivity index (χ0) is 24.0. The van der Waals surface area contributed by atoms with E-state index >= 15 is 0 Å². The molecule has 3 aromatic carbocycles. The van der Waals surface area contributed by atoms with Gasteiger partial charge in [-0.15, -0.1) is 0 Å². The van der Waals surface area contributed by atoms with Crippen molar-refractivity contribution in [3.8, 4) is 22.6 Å². The Morgan fingerprint density at radius 3 is 2.56 bits per heavy atom. The molecule has 0 N–H and O–H groups in total. The highest BCUT2D eigenvalue weighted by Crippen LogP contribution is 2.51. The summed E-state index contributed by atoms with van der Waals surface area (Å²) in [6.07, 6.45) is 1.54. The Balaban J connectivity index is 1.64. The van der Waals surface area contributed by atoms with E-state index in [1.165, 1.54) is 5.56 Å². The number of carbonyl (C=O) groups is 1. The van der Waals surface area contributed by atoms with Crippen LogP contribution in [0.2, 0.25) is 0 Å². The quantitative estimate of drug-likeness (QED) is 0.349. The zero-order valence-electron chi connectivity index (χ0n) is 20.2. The molecule has 0 unspecified atom stereocenters. The van der Waals surface area contributed by atoms with Gasteiger partial charge in [0.05, 0.1) is 12.5 Å². The maximum absolute atomic E-state index is 14.8. The molecule has 0 bridgehead atoms. The van der Waals surface area contributed by atoms with Gasteiger partial charge in [-0.05, 0) is 79.6 Å². The molecule has 1 heterocycles. The predicted molar refractivity (Wildman–Crippen MR) is 130 cm³/mol. The third kappa shape index (κ3) is 3.98. The minimum absolute atomic E-state index is 0.131. The highest BCUT2D eigenvalue weighted by atomic mass is 19.1. The zero-order valence-corrected chi connectivity index (χ0v) is 20.2. The van der Waals surface area contributed by atoms with E-state index in [1.807, 2.05) is 39.0 Å². The lowest BCUT2D eigenvalue weighted by atomic mass is 9.76. The molecule has 0 fully saturated rings. The van der Waals surface area contributed by atoms with Crippen molar-refractivity contribution in [1.82, 2.24) is 4.90 Å². The van der Waals surface area contributed by atoms with Crippen molar-refractivity contribution >= 4 is 5.97 Å². The summed E-state index contributed by atoms with van der Waals surface area (Å²) in [6, 6.07) is 17.7. The summed E-state index contributed by atoms with van der Waals surface area (Å²) >= 11 is 0. The maximum atomic E-state index is 14.8. The van der Waals surface area contributed by atoms with Crippen LogP contribution in [-0.4, -0.2) is 24.5 Å². The van der Waals surface area contributed by atoms with E-state index in [4.69, 9.17) is 9.47 Å². The van der Waals surface area contributed by atoms with Crippen molar-refractivity contribution < 1.29 is 18.7 Å². The first-order valence-corrected chi connectivity index (χ1v) is 11.8. The van der Waals surface area contributed by atoms with Crippen LogP contribution in [-0.2, 0) is 24.2 Å². The number of esters is 1. The lowest BCUT2D eigenvalue weighted by Crippen LogP contribution is -2.38. The molecule has 176 valence electrons. The summed E-state index contributed by atoms with van der Waals surface area (Å²) in [5, 5.41) is 0. The lowest BCUT2D eigenvalue weighted by molar-refractivity contribution is -0.143. The van der Waals surface area contributed by atoms with E-state index in [-0.39, 0.29) is 17.8 Å². The Labute approximate surface area is 200 Å². The van der Waals surface area contributed by atoms with E-state index in [1.54, 1.807) is 19.2 Å². The Hall–Kier alpha value is -3.18. The monoisotopic (exact) mass is 459 g/mol. The Morgan fingerprint density at radius 2 is 1.85 bits per heavy atom. The van der Waals surface area contributed by atoms with E-state index < -0.39 is 5.41 Å². The summed E-state index contributed by atoms with van der Waals surface area (Å²) < 4.78 is 26.4. The lowest BCUT2D eigenvalue weighted by Gasteiger charge is -2.42. The van der Waals surface area contributed by atoms with E-state index in [0.717, 1.165) is 53.7 Å². The van der Waals surface area contributed by atoms with Crippen LogP contribution < -0.4 is 9.47 Å². The van der Waals surface area contributed by atoms with Crippen LogP contribution in [0.15, 0.2) is 54.6 Å². The number of rotatable bonds is 4. The van der Waals surface area contributed by atoms with Crippen LogP contribution >= 0.6 is 0 Å². The van der Waals surface area contributed by atoms with Crippen molar-refractivity contribution in [2.75, 3.05) is 13.7 Å². The molecule has 0 aromatic heterocycles. The summed E-state index contributed by atoms with van der Waals surface area (Å²) in [5.74, 6) is 0.237. The molecule has 0 spiro atoms. The van der Waals surface area contributed by atoms with Crippen molar-refractivity contribution in [2.45, 2.75) is 46.2 Å². The molecule has 34 heavy (non-hydrogen) atoms. The molecule has 0 amide bonds. The van der Waals surface area contributed by atoms with Gasteiger partial charge in [-0.2, -0.15) is 0 Å². The van der Waals surface area contributed by atoms with Gasteiger partial charge in [-0.25, -0.2) is 4.39 Å². The van der Waals surface area contributed by atoms with Crippen LogP contribution in [0.1, 0.15) is 49.1 Å². The first-order valence-electron chi connectivity index (χ1n) is 11.8. The number of carbonyl (C=O) groups excluding carboxylic acids is 1. The summed E-state index contributed by atoms with van der Waals surface area (Å²) in [7, 11) is 1.56. The molecule has 1 atom stereocenters. The van der Waals surface area contributed by atoms with E-state index in [9.17, 15) is 9.18 Å². The molecule has 2 aliphatic rings. The maximum Gasteiger partial charge on any atom is 0.316 e. The molecule has 0 saturated heterocycles. The number of hydrogen-bond acceptors (Lipinski definition) is 4. The number of fused-ring (bicyclic) bond motifs is 2. The van der Waals surface area contributed by atoms with Crippen molar-refractivity contribution in [3.63, 3.8) is 0 Å². The number of hydrogen-bond donors (Lipinski definition) is 0. The molecule has 5 rings (SSSR count). The highest BCUT2D eigenvalue weighted by Gasteiger charge is 2.38. The Bertz CT molecular complexity index is 1250. The highest BCUT2D eigenvalue weighted by molar-refractivity contribution is 5.87. The number of methoxy groups -OCH3 is 1. The van der Waals surface area contributed by atoms with Gasteiger partial charge in [0.2, 0.25) is 0 Å². The fraction of sp³-hybridized carbons (Fsp3) is 0.345. The number of benzene rings is 3. The van der Waals surface area contributed by atoms with Crippen LogP contribution in [0, 0.1) is 11.2 Å². The molecule has 0 radical (unpaired) electrons. The van der Waals surface area contributed by atoms with Crippen molar-refractivity contribution in [2.24, 2.45) is 5.41 Å². The minimum Gasteiger partial charge on any atom is -0.493 e. The van der Waals surface area contributed by atoms with Gasteiger partial charge in [0, 0.05) is 24.7 Å². The fourth-order valence-corrected chi connectivity index (χ4v) is 5.11. The third-order valence-corrected chi connectivity index (χ3v) is 6.82. The van der Waals surface area contributed by atoms with Gasteiger partial charge < -0.3 is 9.47 Å². The molecule has 1 aliphatic carbocycles. The number of nitrogens with zero attached hydrogens (tertiary/aromatic N) is 1. The second-order valence-corrected chi connectivity index (χ2v) is 10.2. The van der Waals surface area contributed by atoms with E-state index in [0.29, 0.717) is 11.5 Å². The summed E-state index contributed by atoms with van der Waals surface area (Å²) in [6.45, 7) is 7.15. The molecule has 3 aromatic rings. The van der Waals surface area contributed by atoms with Gasteiger partial charge in [-0.1, -0.05) is 36.4 Å². The van der Waals surface area contributed by atoms with Crippen molar-refractivity contribution in [1.29, 1.82) is 0 Å². The number of ether oxygens (including phenoxy) is 2. The Morgan fingerprint density at radius 1 is 1.09 bits per heavy atom. The topological polar surface area (TPSA) is 38.8 Å². The summed E-state index contributed by atoms with van der Waals surface area (Å²) in [4.78, 5) is 15.3. The molecule has 5 heteroatoms. The van der Waals surface area contributed by atoms with E-state index in [2.05, 4.69) is 29.2 Å². The van der Waals surface area contributed by atoms with Crippen LogP contribution in [0.3, 0.4) is 0 Å². The molecule has 0 saturated carbocycles. The van der Waals surface area contributed by atoms with Crippen LogP contribution in [0.25, 0.3) is 11.1 Å². The second kappa shape index (κ2) is 8.55. The molecule has 1 aliphatic heterocycles. The SMILES string of the molecule is COc1ccc2c(c1OC(=O)C(C)(C)C)-c1cc(F)cc3c1[C@@H](C2)N(Cc1ccccc1)CC3. The molecular formula is C29H30FNO3. The average molecular weight is 460 g/mol. The standard InChI is InChI=1S/C29H30FNO3/c1-29(2,3)28(32)34-27-24(33-4)11-10-19-15-23-25-20(14-21(30)16-22(25)26(19)27)12-13-31(23)17-18-8-6-5-7-9-18/h5-11,14,16,23H,12-13,15,17H2,1-4H3/t23-/m1/s1. The predicted octanol–water partition coefficient (Wildman–Crippen LogP) is 6.11. The van der Waals surface area contributed by atoms with Crippen LogP contribution in [0.4, 0.5) is 4.39 Å². The van der Waals surface area contributed by atoms with Crippen LogP contribution in [0.5, 0.6) is 11.5 Å². The van der Waals surface area contributed by atoms with Gasteiger partial charge in [0.1, 0.15) is 5.82 Å². The first-order chi connectivity index (χ1) is 16.3. The molecule has 4 nitrogen and oxygen atoms in total. The van der Waals surface area contributed by atoms with Gasteiger partial charge in [0.15, 0.2) is 11.5 Å². The normalized spacial score (nSPS) is 17.0. The smallest absolute Gasteiger partial charge is 0.316 e. The first kappa shape index (κ1) is 22.6. The van der Waals surface area contributed by atoms with Gasteiger partial charge >= 0.3 is 5.97 Å². The Kier molecular flexibility index (Phi) is 5.68. The fourth-order valence-electron chi connectivity index (χ4n) is 5.11.